The maximum Gasteiger partial charge on any atom is 0.234 e. The van der Waals surface area contributed by atoms with Crippen LogP contribution in [0, 0.1) is 11.7 Å². The topological polar surface area (TPSA) is 59.8 Å². The number of amides is 1. The van der Waals surface area contributed by atoms with Gasteiger partial charge in [-0.1, -0.05) is 18.7 Å². The zero-order valence-electron chi connectivity index (χ0n) is 15.7. The molecule has 2 heterocycles. The molecular weight excluding hydrogens is 395 g/mol. The first-order chi connectivity index (χ1) is 13.5. The maximum atomic E-state index is 12.9. The molecule has 2 aromatic heterocycles. The Kier molecular flexibility index (Phi) is 5.50. The van der Waals surface area contributed by atoms with Gasteiger partial charge in [-0.25, -0.2) is 4.39 Å². The van der Waals surface area contributed by atoms with Crippen molar-refractivity contribution in [1.82, 2.24) is 14.8 Å². The molecular formula is C20H21FN4OS2. The predicted octanol–water partition coefficient (Wildman–Crippen LogP) is 4.54. The third kappa shape index (κ3) is 3.98. The Morgan fingerprint density at radius 3 is 2.93 bits per heavy atom. The van der Waals surface area contributed by atoms with Crippen LogP contribution in [0.4, 0.5) is 10.1 Å². The van der Waals surface area contributed by atoms with Crippen molar-refractivity contribution >= 4 is 34.7 Å². The van der Waals surface area contributed by atoms with Crippen molar-refractivity contribution in [2.24, 2.45) is 13.0 Å². The molecule has 1 amide bonds. The van der Waals surface area contributed by atoms with E-state index in [0.29, 0.717) is 10.8 Å². The third-order valence-corrected chi connectivity index (χ3v) is 7.01. The average Bonchev–Trinajstić information content (AvgIpc) is 3.24. The van der Waals surface area contributed by atoms with Crippen LogP contribution in [0.2, 0.25) is 0 Å². The van der Waals surface area contributed by atoms with E-state index >= 15 is 0 Å². The van der Waals surface area contributed by atoms with Crippen LogP contribution in [0.25, 0.3) is 11.4 Å². The number of halogens is 1. The number of fused-ring (bicyclic) bond motifs is 1. The minimum atomic E-state index is -0.330. The number of anilines is 1. The number of carbonyl (C=O) groups is 1. The molecule has 1 N–H and O–H groups in total. The number of benzene rings is 1. The Hall–Kier alpha value is -2.19. The predicted molar refractivity (Wildman–Crippen MR) is 111 cm³/mol. The smallest absolute Gasteiger partial charge is 0.234 e. The summed E-state index contributed by atoms with van der Waals surface area (Å²) in [5.74, 6) is 1.31. The first-order valence-electron chi connectivity index (χ1n) is 9.18. The van der Waals surface area contributed by atoms with E-state index in [2.05, 4.69) is 27.8 Å². The highest BCUT2D eigenvalue weighted by Gasteiger charge is 2.23. The van der Waals surface area contributed by atoms with E-state index in [1.807, 2.05) is 23.0 Å². The first-order valence-corrected chi connectivity index (χ1v) is 11.0. The van der Waals surface area contributed by atoms with Crippen molar-refractivity contribution < 1.29 is 9.18 Å². The number of rotatable bonds is 5. The Labute approximate surface area is 171 Å². The highest BCUT2D eigenvalue weighted by molar-refractivity contribution is 7.99. The van der Waals surface area contributed by atoms with E-state index in [4.69, 9.17) is 0 Å². The van der Waals surface area contributed by atoms with Crippen LogP contribution in [0.5, 0.6) is 0 Å². The molecule has 0 aliphatic heterocycles. The van der Waals surface area contributed by atoms with Gasteiger partial charge in [0.05, 0.1) is 5.75 Å². The van der Waals surface area contributed by atoms with Crippen molar-refractivity contribution in [3.05, 3.63) is 45.9 Å². The van der Waals surface area contributed by atoms with E-state index in [0.717, 1.165) is 24.6 Å². The molecule has 0 radical (unpaired) electrons. The van der Waals surface area contributed by atoms with E-state index in [1.54, 1.807) is 12.1 Å². The fraction of sp³-hybridized carbons (Fsp3) is 0.350. The number of nitrogens with one attached hydrogen (secondary N) is 1. The quantitative estimate of drug-likeness (QED) is 0.621. The molecule has 1 atom stereocenters. The van der Waals surface area contributed by atoms with Gasteiger partial charge in [0.1, 0.15) is 5.82 Å². The lowest BCUT2D eigenvalue weighted by Gasteiger charge is -2.18. The van der Waals surface area contributed by atoms with Crippen LogP contribution < -0.4 is 5.32 Å². The normalized spacial score (nSPS) is 16.0. The molecule has 1 aromatic carbocycles. The second-order valence-electron chi connectivity index (χ2n) is 7.11. The Balaban J connectivity index is 1.43. The second kappa shape index (κ2) is 8.05. The Morgan fingerprint density at radius 2 is 2.14 bits per heavy atom. The van der Waals surface area contributed by atoms with Gasteiger partial charge in [0.15, 0.2) is 11.0 Å². The average molecular weight is 417 g/mol. The molecule has 3 aromatic rings. The van der Waals surface area contributed by atoms with Crippen LogP contribution in [-0.4, -0.2) is 26.4 Å². The number of thiophene rings is 1. The van der Waals surface area contributed by atoms with Crippen molar-refractivity contribution in [1.29, 1.82) is 0 Å². The van der Waals surface area contributed by atoms with Crippen molar-refractivity contribution in [3.63, 3.8) is 0 Å². The van der Waals surface area contributed by atoms with E-state index in [-0.39, 0.29) is 17.5 Å². The summed E-state index contributed by atoms with van der Waals surface area (Å²) in [6.45, 7) is 2.30. The highest BCUT2D eigenvalue weighted by atomic mass is 32.2. The third-order valence-electron chi connectivity index (χ3n) is 4.94. The Morgan fingerprint density at radius 1 is 1.36 bits per heavy atom. The number of thioether (sulfide) groups is 1. The minimum absolute atomic E-state index is 0.164. The molecule has 0 fully saturated rings. The summed E-state index contributed by atoms with van der Waals surface area (Å²) in [6, 6.07) is 5.72. The first kappa shape index (κ1) is 19.1. The van der Waals surface area contributed by atoms with Crippen LogP contribution in [0.1, 0.15) is 23.8 Å². The van der Waals surface area contributed by atoms with Gasteiger partial charge in [-0.2, -0.15) is 0 Å². The van der Waals surface area contributed by atoms with Gasteiger partial charge >= 0.3 is 0 Å². The van der Waals surface area contributed by atoms with Gasteiger partial charge in [-0.3, -0.25) is 4.79 Å². The van der Waals surface area contributed by atoms with Gasteiger partial charge in [0, 0.05) is 28.6 Å². The lowest BCUT2D eigenvalue weighted by molar-refractivity contribution is -0.113. The van der Waals surface area contributed by atoms with Gasteiger partial charge in [0.25, 0.3) is 0 Å². The monoisotopic (exact) mass is 416 g/mol. The minimum Gasteiger partial charge on any atom is -0.325 e. The molecule has 146 valence electrons. The van der Waals surface area contributed by atoms with E-state index in [9.17, 15) is 9.18 Å². The standard InChI is InChI=1S/C20H21FN4OS2/c1-12-3-8-15-16(10-27-17(15)9-12)19-23-24-20(25(19)2)28-11-18(26)22-14-6-4-13(21)5-7-14/h4-7,10,12H,3,8-9,11H2,1-2H3,(H,22,26). The number of carbonyl (C=O) groups excluding carboxylic acids is 1. The lowest BCUT2D eigenvalue weighted by Crippen LogP contribution is -2.14. The van der Waals surface area contributed by atoms with E-state index < -0.39 is 0 Å². The summed E-state index contributed by atoms with van der Waals surface area (Å²) in [7, 11) is 1.94. The van der Waals surface area contributed by atoms with Crippen LogP contribution in [0.3, 0.4) is 0 Å². The van der Waals surface area contributed by atoms with Crippen LogP contribution >= 0.6 is 23.1 Å². The van der Waals surface area contributed by atoms with E-state index in [1.165, 1.54) is 46.3 Å². The maximum absolute atomic E-state index is 12.9. The van der Waals surface area contributed by atoms with Crippen molar-refractivity contribution in [3.8, 4) is 11.4 Å². The van der Waals surface area contributed by atoms with Crippen LogP contribution in [-0.2, 0) is 24.7 Å². The molecule has 1 unspecified atom stereocenters. The summed E-state index contributed by atoms with van der Waals surface area (Å²) < 4.78 is 14.9. The number of hydrogen-bond donors (Lipinski definition) is 1. The van der Waals surface area contributed by atoms with Crippen LogP contribution in [0.15, 0.2) is 34.8 Å². The van der Waals surface area contributed by atoms with Gasteiger partial charge in [-0.05, 0) is 55.0 Å². The molecule has 28 heavy (non-hydrogen) atoms. The molecule has 0 bridgehead atoms. The largest absolute Gasteiger partial charge is 0.325 e. The van der Waals surface area contributed by atoms with Gasteiger partial charge in [-0.15, -0.1) is 21.5 Å². The summed E-state index contributed by atoms with van der Waals surface area (Å²) in [4.78, 5) is 13.6. The molecule has 0 saturated heterocycles. The summed E-state index contributed by atoms with van der Waals surface area (Å²) in [6.07, 6.45) is 3.44. The fourth-order valence-electron chi connectivity index (χ4n) is 3.40. The SMILES string of the molecule is CC1CCc2c(-c3nnc(SCC(=O)Nc4ccc(F)cc4)n3C)csc2C1. The summed E-state index contributed by atoms with van der Waals surface area (Å²) in [5, 5.41) is 14.3. The summed E-state index contributed by atoms with van der Waals surface area (Å²) in [5.41, 5.74) is 3.15. The Bertz CT molecular complexity index is 996. The molecule has 1 aliphatic carbocycles. The van der Waals surface area contributed by atoms with Gasteiger partial charge < -0.3 is 9.88 Å². The highest BCUT2D eigenvalue weighted by Crippen LogP contribution is 2.38. The molecule has 1 aliphatic rings. The molecule has 0 spiro atoms. The van der Waals surface area contributed by atoms with Crippen molar-refractivity contribution in [2.75, 3.05) is 11.1 Å². The number of aromatic nitrogens is 3. The molecule has 5 nitrogen and oxygen atoms in total. The number of nitrogens with zero attached hydrogens (tertiary/aromatic N) is 3. The molecule has 8 heteroatoms. The zero-order chi connectivity index (χ0) is 19.7. The lowest BCUT2D eigenvalue weighted by atomic mass is 9.88. The second-order valence-corrected chi connectivity index (χ2v) is 9.01. The number of hydrogen-bond acceptors (Lipinski definition) is 5. The zero-order valence-corrected chi connectivity index (χ0v) is 17.4. The fourth-order valence-corrected chi connectivity index (χ4v) is 5.35. The summed E-state index contributed by atoms with van der Waals surface area (Å²) >= 11 is 3.15. The van der Waals surface area contributed by atoms with Gasteiger partial charge in [0.2, 0.25) is 5.91 Å². The van der Waals surface area contributed by atoms with Crippen molar-refractivity contribution in [2.45, 2.75) is 31.3 Å². The molecule has 0 saturated carbocycles. The molecule has 4 rings (SSSR count).